The highest BCUT2D eigenvalue weighted by atomic mass is 32.2. The molecule has 0 aliphatic carbocycles. The number of carbonyl (C=O) groups excluding carboxylic acids is 1. The maximum Gasteiger partial charge on any atom is 0.243 e. The molecule has 2 heterocycles. The smallest absolute Gasteiger partial charge is 0.243 e. The van der Waals surface area contributed by atoms with E-state index in [1.54, 1.807) is 30.3 Å². The third-order valence-corrected chi connectivity index (χ3v) is 8.05. The average molecular weight is 483 g/mol. The van der Waals surface area contributed by atoms with Gasteiger partial charge in [-0.05, 0) is 57.4 Å². The summed E-state index contributed by atoms with van der Waals surface area (Å²) in [4.78, 5) is 17.0. The Morgan fingerprint density at radius 3 is 2.53 bits per heavy atom. The van der Waals surface area contributed by atoms with Crippen molar-refractivity contribution < 1.29 is 13.2 Å². The van der Waals surface area contributed by atoms with Gasteiger partial charge in [-0.15, -0.1) is 0 Å². The normalized spacial score (nSPS) is 18.6. The number of fused-ring (bicyclic) bond motifs is 1. The lowest BCUT2D eigenvalue weighted by Crippen LogP contribution is -2.59. The summed E-state index contributed by atoms with van der Waals surface area (Å²) in [6.45, 7) is 6.49. The monoisotopic (exact) mass is 482 g/mol. The molecule has 0 spiro atoms. The van der Waals surface area contributed by atoms with Gasteiger partial charge in [-0.1, -0.05) is 42.8 Å². The molecule has 34 heavy (non-hydrogen) atoms. The highest BCUT2D eigenvalue weighted by Gasteiger charge is 2.38. The van der Waals surface area contributed by atoms with Crippen LogP contribution in [0.4, 0.5) is 0 Å². The molecular formula is C26H34N4O3S. The van der Waals surface area contributed by atoms with E-state index in [0.29, 0.717) is 19.4 Å². The lowest BCUT2D eigenvalue weighted by atomic mass is 10.0. The Morgan fingerprint density at radius 2 is 1.79 bits per heavy atom. The molecule has 2 aromatic carbocycles. The van der Waals surface area contributed by atoms with Crippen LogP contribution < -0.4 is 10.6 Å². The van der Waals surface area contributed by atoms with E-state index in [9.17, 15) is 13.2 Å². The third-order valence-electron chi connectivity index (χ3n) is 6.13. The lowest BCUT2D eigenvalue weighted by molar-refractivity contribution is -0.126. The summed E-state index contributed by atoms with van der Waals surface area (Å²) < 4.78 is 28.1. The van der Waals surface area contributed by atoms with E-state index in [1.807, 2.05) is 45.2 Å². The number of benzene rings is 2. The minimum absolute atomic E-state index is 0.220. The molecule has 1 saturated heterocycles. The first kappa shape index (κ1) is 24.4. The SMILES string of the molecule is CC(C)(C)N[C@H](Cc1c[nH]c2ccccc12)NC(=O)[C@@H]1CCCCN1S(=O)(=O)c1ccccc1. The van der Waals surface area contributed by atoms with Gasteiger partial charge in [-0.2, -0.15) is 4.31 Å². The number of hydrogen-bond donors (Lipinski definition) is 3. The van der Waals surface area contributed by atoms with Crippen molar-refractivity contribution in [2.45, 2.75) is 69.1 Å². The molecule has 2 atom stereocenters. The molecule has 1 fully saturated rings. The fourth-order valence-corrected chi connectivity index (χ4v) is 6.31. The number of nitrogens with zero attached hydrogens (tertiary/aromatic N) is 1. The Morgan fingerprint density at radius 1 is 1.09 bits per heavy atom. The number of para-hydroxylation sites is 1. The number of hydrogen-bond acceptors (Lipinski definition) is 4. The second-order valence-electron chi connectivity index (χ2n) is 9.96. The number of amides is 1. The quantitative estimate of drug-likeness (QED) is 0.447. The Labute approximate surface area is 202 Å². The molecule has 4 rings (SSSR count). The van der Waals surface area contributed by atoms with E-state index in [2.05, 4.69) is 21.7 Å². The highest BCUT2D eigenvalue weighted by molar-refractivity contribution is 7.89. The van der Waals surface area contributed by atoms with Gasteiger partial charge in [0, 0.05) is 35.6 Å². The van der Waals surface area contributed by atoms with Gasteiger partial charge in [0.05, 0.1) is 11.1 Å². The van der Waals surface area contributed by atoms with Gasteiger partial charge in [0.1, 0.15) is 6.04 Å². The van der Waals surface area contributed by atoms with E-state index in [4.69, 9.17) is 0 Å². The molecule has 1 aliphatic heterocycles. The van der Waals surface area contributed by atoms with E-state index in [1.165, 1.54) is 4.31 Å². The van der Waals surface area contributed by atoms with E-state index >= 15 is 0 Å². The van der Waals surface area contributed by atoms with Crippen LogP contribution in [0, 0.1) is 0 Å². The molecule has 1 aliphatic rings. The van der Waals surface area contributed by atoms with Gasteiger partial charge >= 0.3 is 0 Å². The predicted molar refractivity (Wildman–Crippen MR) is 135 cm³/mol. The lowest BCUT2D eigenvalue weighted by Gasteiger charge is -2.36. The van der Waals surface area contributed by atoms with Crippen molar-refractivity contribution >= 4 is 26.8 Å². The fourth-order valence-electron chi connectivity index (χ4n) is 4.63. The second kappa shape index (κ2) is 9.90. The first-order valence-corrected chi connectivity index (χ1v) is 13.3. The van der Waals surface area contributed by atoms with Crippen LogP contribution in [0.15, 0.2) is 65.7 Å². The molecule has 1 aromatic heterocycles. The van der Waals surface area contributed by atoms with Crippen LogP contribution in [0.2, 0.25) is 0 Å². The molecule has 8 heteroatoms. The van der Waals surface area contributed by atoms with E-state index in [-0.39, 0.29) is 22.5 Å². The maximum absolute atomic E-state index is 13.5. The number of H-pyrrole nitrogens is 1. The number of nitrogens with one attached hydrogen (secondary N) is 3. The van der Waals surface area contributed by atoms with Crippen LogP contribution in [-0.2, 0) is 21.2 Å². The number of rotatable bonds is 7. The van der Waals surface area contributed by atoms with Crippen molar-refractivity contribution in [3.63, 3.8) is 0 Å². The Bertz CT molecular complexity index is 1230. The fraction of sp³-hybridized carbons (Fsp3) is 0.423. The average Bonchev–Trinajstić information content (AvgIpc) is 3.21. The predicted octanol–water partition coefficient (Wildman–Crippen LogP) is 3.78. The molecule has 0 radical (unpaired) electrons. The number of carbonyl (C=O) groups is 1. The van der Waals surface area contributed by atoms with Gasteiger partial charge in [-0.25, -0.2) is 8.42 Å². The van der Waals surface area contributed by atoms with Crippen molar-refractivity contribution in [2.24, 2.45) is 0 Å². The summed E-state index contributed by atoms with van der Waals surface area (Å²) >= 11 is 0. The van der Waals surface area contributed by atoms with Crippen molar-refractivity contribution in [1.29, 1.82) is 0 Å². The minimum atomic E-state index is -3.76. The molecule has 1 amide bonds. The third kappa shape index (κ3) is 5.51. The zero-order chi connectivity index (χ0) is 24.3. The Kier molecular flexibility index (Phi) is 7.12. The molecule has 0 bridgehead atoms. The Balaban J connectivity index is 1.57. The van der Waals surface area contributed by atoms with Crippen molar-refractivity contribution in [2.75, 3.05) is 6.54 Å². The van der Waals surface area contributed by atoms with Gasteiger partial charge in [-0.3, -0.25) is 10.1 Å². The van der Waals surface area contributed by atoms with Crippen molar-refractivity contribution in [1.82, 2.24) is 19.9 Å². The summed E-state index contributed by atoms with van der Waals surface area (Å²) in [5, 5.41) is 7.74. The van der Waals surface area contributed by atoms with Crippen molar-refractivity contribution in [3.05, 3.63) is 66.4 Å². The van der Waals surface area contributed by atoms with Gasteiger partial charge in [0.2, 0.25) is 15.9 Å². The highest BCUT2D eigenvalue weighted by Crippen LogP contribution is 2.26. The molecule has 7 nitrogen and oxygen atoms in total. The molecule has 3 aromatic rings. The van der Waals surface area contributed by atoms with Crippen molar-refractivity contribution in [3.8, 4) is 0 Å². The summed E-state index contributed by atoms with van der Waals surface area (Å²) in [5.41, 5.74) is 1.90. The van der Waals surface area contributed by atoms with Gasteiger partial charge in [0.15, 0.2) is 0 Å². The summed E-state index contributed by atoms with van der Waals surface area (Å²) in [5.74, 6) is -0.263. The van der Waals surface area contributed by atoms with Crippen LogP contribution in [0.3, 0.4) is 0 Å². The summed E-state index contributed by atoms with van der Waals surface area (Å²) in [7, 11) is -3.76. The van der Waals surface area contributed by atoms with Crippen LogP contribution in [0.25, 0.3) is 10.9 Å². The van der Waals surface area contributed by atoms with Crippen LogP contribution in [0.5, 0.6) is 0 Å². The van der Waals surface area contributed by atoms with Crippen LogP contribution >= 0.6 is 0 Å². The molecule has 0 saturated carbocycles. The van der Waals surface area contributed by atoms with Crippen LogP contribution in [0.1, 0.15) is 45.6 Å². The molecule has 182 valence electrons. The topological polar surface area (TPSA) is 94.3 Å². The summed E-state index contributed by atoms with van der Waals surface area (Å²) in [6, 6.07) is 15.7. The van der Waals surface area contributed by atoms with E-state index < -0.39 is 16.1 Å². The van der Waals surface area contributed by atoms with E-state index in [0.717, 1.165) is 29.3 Å². The number of aromatic nitrogens is 1. The first-order chi connectivity index (χ1) is 16.1. The zero-order valence-electron chi connectivity index (χ0n) is 20.0. The second-order valence-corrected chi connectivity index (χ2v) is 11.9. The zero-order valence-corrected chi connectivity index (χ0v) is 20.9. The molecule has 3 N–H and O–H groups in total. The van der Waals surface area contributed by atoms with Crippen LogP contribution in [-0.4, -0.2) is 47.9 Å². The maximum atomic E-state index is 13.5. The number of piperidine rings is 1. The standard InChI is InChI=1S/C26H34N4O3S/c1-26(2,3)29-24(17-19-18-27-22-14-8-7-13-21(19)22)28-25(31)23-15-9-10-16-30(23)34(32,33)20-11-5-4-6-12-20/h4-8,11-14,18,23-24,27,29H,9-10,15-17H2,1-3H3,(H,28,31)/t23-,24+/m0/s1. The van der Waals surface area contributed by atoms with Gasteiger partial charge in [0.25, 0.3) is 0 Å². The first-order valence-electron chi connectivity index (χ1n) is 11.9. The number of aromatic amines is 1. The molecular weight excluding hydrogens is 448 g/mol. The van der Waals surface area contributed by atoms with Gasteiger partial charge < -0.3 is 10.3 Å². The molecule has 0 unspecified atom stereocenters. The number of sulfonamides is 1. The largest absolute Gasteiger partial charge is 0.361 e. The Hall–Kier alpha value is -2.68. The summed E-state index contributed by atoms with van der Waals surface area (Å²) in [6.07, 6.45) is 4.27. The minimum Gasteiger partial charge on any atom is -0.361 e.